The number of aliphatic hydroxyl groups is 1. The molecule has 0 unspecified atom stereocenters. The monoisotopic (exact) mass is 565 g/mol. The zero-order valence-electron chi connectivity index (χ0n) is 22.9. The van der Waals surface area contributed by atoms with E-state index in [-0.39, 0.29) is 12.0 Å². The molecular weight excluding hydrogens is 533 g/mol. The molecule has 210 valence electrons. The summed E-state index contributed by atoms with van der Waals surface area (Å²) in [5.41, 5.74) is 10.5. The molecule has 0 bridgehead atoms. The highest BCUT2D eigenvalue weighted by molar-refractivity contribution is 6.35. The van der Waals surface area contributed by atoms with Gasteiger partial charge in [0.05, 0.1) is 53.3 Å². The second kappa shape index (κ2) is 10.7. The lowest BCUT2D eigenvalue weighted by molar-refractivity contribution is -0.159. The van der Waals surface area contributed by atoms with Crippen LogP contribution in [-0.2, 0) is 4.74 Å². The Kier molecular flexibility index (Phi) is 7.50. The molecule has 9 nitrogen and oxygen atoms in total. The zero-order valence-corrected chi connectivity index (χ0v) is 23.7. The summed E-state index contributed by atoms with van der Waals surface area (Å²) < 4.78 is 19.3. The van der Waals surface area contributed by atoms with Gasteiger partial charge in [0.2, 0.25) is 5.95 Å². The Labute approximate surface area is 238 Å². The molecule has 3 aromatic rings. The minimum Gasteiger partial charge on any atom is -0.394 e. The molecule has 0 saturated carbocycles. The van der Waals surface area contributed by atoms with Crippen LogP contribution in [0.2, 0.25) is 5.02 Å². The lowest BCUT2D eigenvalue weighted by Gasteiger charge is -2.45. The molecule has 0 amide bonds. The number of benzene rings is 1. The van der Waals surface area contributed by atoms with Gasteiger partial charge in [0.1, 0.15) is 5.54 Å². The number of halogens is 2. The minimum atomic E-state index is -0.577. The van der Waals surface area contributed by atoms with Crippen molar-refractivity contribution in [2.75, 3.05) is 37.0 Å². The van der Waals surface area contributed by atoms with E-state index in [1.807, 2.05) is 12.3 Å². The van der Waals surface area contributed by atoms with Crippen molar-refractivity contribution in [3.63, 3.8) is 0 Å². The second-order valence-electron chi connectivity index (χ2n) is 11.4. The molecule has 1 saturated heterocycles. The zero-order chi connectivity index (χ0) is 28.7. The number of terminal acetylenes is 1. The summed E-state index contributed by atoms with van der Waals surface area (Å²) in [6.07, 6.45) is 9.35. The van der Waals surface area contributed by atoms with Crippen LogP contribution in [0.15, 0.2) is 42.4 Å². The molecule has 2 aromatic heterocycles. The molecule has 0 radical (unpaired) electrons. The van der Waals surface area contributed by atoms with E-state index in [1.54, 1.807) is 30.3 Å². The summed E-state index contributed by atoms with van der Waals surface area (Å²) in [6, 6.07) is 6.30. The number of rotatable bonds is 8. The number of nitrogens with one attached hydrogen (secondary N) is 4. The van der Waals surface area contributed by atoms with Crippen LogP contribution in [0.3, 0.4) is 0 Å². The first kappa shape index (κ1) is 27.9. The van der Waals surface area contributed by atoms with Gasteiger partial charge in [-0.25, -0.2) is 4.98 Å². The van der Waals surface area contributed by atoms with Gasteiger partial charge in [-0.2, -0.15) is 4.39 Å². The molecule has 0 aliphatic carbocycles. The number of anilines is 2. The maximum absolute atomic E-state index is 14.0. The number of pyridine rings is 2. The van der Waals surface area contributed by atoms with E-state index in [2.05, 4.69) is 58.3 Å². The second-order valence-corrected chi connectivity index (χ2v) is 11.8. The molecule has 5 N–H and O–H groups in total. The Morgan fingerprint density at radius 1 is 1.32 bits per heavy atom. The summed E-state index contributed by atoms with van der Waals surface area (Å²) in [4.78, 5) is 8.58. The first-order chi connectivity index (χ1) is 19.0. The van der Waals surface area contributed by atoms with Crippen molar-refractivity contribution >= 4 is 33.9 Å². The molecule has 5 rings (SSSR count). The highest BCUT2D eigenvalue weighted by atomic mass is 35.5. The van der Waals surface area contributed by atoms with Gasteiger partial charge in [0.25, 0.3) is 0 Å². The maximum Gasteiger partial charge on any atom is 0.213 e. The number of hydrogen-bond acceptors (Lipinski definition) is 9. The third-order valence-electron chi connectivity index (χ3n) is 7.04. The van der Waals surface area contributed by atoms with E-state index < -0.39 is 17.5 Å². The Morgan fingerprint density at radius 3 is 2.73 bits per heavy atom. The third-order valence-corrected chi connectivity index (χ3v) is 7.33. The molecular formula is C29H33ClFN7O2. The van der Waals surface area contributed by atoms with E-state index in [4.69, 9.17) is 22.8 Å². The Bertz CT molecular complexity index is 1510. The van der Waals surface area contributed by atoms with Gasteiger partial charge in [0, 0.05) is 41.3 Å². The molecule has 2 aliphatic rings. The fraction of sp³-hybridized carbons (Fsp3) is 0.379. The van der Waals surface area contributed by atoms with Gasteiger partial charge in [-0.1, -0.05) is 44.4 Å². The average molecular weight is 566 g/mol. The topological polar surface area (TPSA) is 107 Å². The van der Waals surface area contributed by atoms with Crippen LogP contribution in [0.4, 0.5) is 15.8 Å². The standard InChI is InChI=1S/C29H33ClFN7O2/c1-6-18-11-32-26-21(25(18)33-13-28(3,4)5)9-19(10-22(26)30)35-27(20-7-8-24(31)34-17(20)2)23-12-38(37-36-23)29(14-39)15-40-16-29/h1,7-12,27,35-37,39H,13-16H2,2-5H3,(H,32,33)/t27-/m0/s1. The lowest BCUT2D eigenvalue weighted by atomic mass is 9.96. The van der Waals surface area contributed by atoms with Gasteiger partial charge in [-0.05, 0) is 30.5 Å². The van der Waals surface area contributed by atoms with E-state index in [0.29, 0.717) is 47.2 Å². The Hall–Kier alpha value is -3.62. The van der Waals surface area contributed by atoms with Gasteiger partial charge in [-0.3, -0.25) is 9.99 Å². The van der Waals surface area contributed by atoms with Crippen molar-refractivity contribution in [1.29, 1.82) is 0 Å². The van der Waals surface area contributed by atoms with Gasteiger partial charge >= 0.3 is 0 Å². The number of aromatic nitrogens is 2. The third kappa shape index (κ3) is 5.38. The molecule has 2 aliphatic heterocycles. The smallest absolute Gasteiger partial charge is 0.213 e. The molecule has 11 heteroatoms. The SMILES string of the molecule is C#Cc1cnc2c(Cl)cc(N[C@H](C3=CN(C4(CO)COC4)NN3)c3ccc(F)nc3C)cc2c1NCC(C)(C)C. The quantitative estimate of drug-likeness (QED) is 0.202. The predicted molar refractivity (Wildman–Crippen MR) is 155 cm³/mol. The number of aryl methyl sites for hydroxylation is 1. The Balaban J connectivity index is 1.58. The van der Waals surface area contributed by atoms with Crippen molar-refractivity contribution in [3.05, 3.63) is 70.2 Å². The fourth-order valence-corrected chi connectivity index (χ4v) is 4.98. The van der Waals surface area contributed by atoms with Gasteiger partial charge < -0.3 is 25.9 Å². The van der Waals surface area contributed by atoms with E-state index in [1.165, 1.54) is 6.07 Å². The number of nitrogens with zero attached hydrogens (tertiary/aromatic N) is 3. The van der Waals surface area contributed by atoms with Crippen LogP contribution in [-0.4, -0.2) is 52.0 Å². The van der Waals surface area contributed by atoms with Crippen LogP contribution >= 0.6 is 11.6 Å². The highest BCUT2D eigenvalue weighted by Gasteiger charge is 2.45. The molecule has 1 atom stereocenters. The average Bonchev–Trinajstić information content (AvgIpc) is 3.35. The van der Waals surface area contributed by atoms with E-state index >= 15 is 0 Å². The number of fused-ring (bicyclic) bond motifs is 1. The van der Waals surface area contributed by atoms with Gasteiger partial charge in [0.15, 0.2) is 0 Å². The molecule has 4 heterocycles. The number of hydrogen-bond donors (Lipinski definition) is 5. The lowest BCUT2D eigenvalue weighted by Crippen LogP contribution is -2.66. The summed E-state index contributed by atoms with van der Waals surface area (Å²) in [5.74, 6) is 2.17. The molecule has 40 heavy (non-hydrogen) atoms. The normalized spacial score (nSPS) is 17.1. The van der Waals surface area contributed by atoms with Crippen molar-refractivity contribution < 1.29 is 14.2 Å². The number of aliphatic hydroxyl groups excluding tert-OH is 1. The predicted octanol–water partition coefficient (Wildman–Crippen LogP) is 4.25. The molecule has 0 spiro atoms. The Morgan fingerprint density at radius 2 is 2.10 bits per heavy atom. The summed E-state index contributed by atoms with van der Waals surface area (Å²) in [7, 11) is 0. The van der Waals surface area contributed by atoms with Crippen LogP contribution < -0.4 is 21.6 Å². The van der Waals surface area contributed by atoms with Crippen LogP contribution in [0.1, 0.15) is 43.6 Å². The fourth-order valence-electron chi connectivity index (χ4n) is 4.71. The van der Waals surface area contributed by atoms with Crippen molar-refractivity contribution in [3.8, 4) is 12.3 Å². The number of ether oxygens (including phenoxy) is 1. The first-order valence-electron chi connectivity index (χ1n) is 13.0. The largest absolute Gasteiger partial charge is 0.394 e. The van der Waals surface area contributed by atoms with Crippen molar-refractivity contribution in [2.24, 2.45) is 5.41 Å². The summed E-state index contributed by atoms with van der Waals surface area (Å²) >= 11 is 6.75. The minimum absolute atomic E-state index is 0.0101. The maximum atomic E-state index is 14.0. The molecule has 1 aromatic carbocycles. The van der Waals surface area contributed by atoms with Gasteiger partial charge in [-0.15, -0.1) is 12.0 Å². The number of hydrazine groups is 2. The van der Waals surface area contributed by atoms with E-state index in [0.717, 1.165) is 22.3 Å². The molecule has 1 fully saturated rings. The van der Waals surface area contributed by atoms with Crippen molar-refractivity contribution in [1.82, 2.24) is 25.9 Å². The van der Waals surface area contributed by atoms with Crippen LogP contribution in [0.25, 0.3) is 10.9 Å². The van der Waals surface area contributed by atoms with Crippen molar-refractivity contribution in [2.45, 2.75) is 39.3 Å². The first-order valence-corrected chi connectivity index (χ1v) is 13.3. The summed E-state index contributed by atoms with van der Waals surface area (Å²) in [6.45, 7) is 9.53. The van der Waals surface area contributed by atoms with E-state index in [9.17, 15) is 9.50 Å². The highest BCUT2D eigenvalue weighted by Crippen LogP contribution is 2.37. The summed E-state index contributed by atoms with van der Waals surface area (Å²) in [5, 5.41) is 20.1. The van der Waals surface area contributed by atoms with Crippen LogP contribution in [0, 0.1) is 30.6 Å². The van der Waals surface area contributed by atoms with Crippen LogP contribution in [0.5, 0.6) is 0 Å².